The van der Waals surface area contributed by atoms with E-state index < -0.39 is 0 Å². The van der Waals surface area contributed by atoms with E-state index in [1.165, 1.54) is 33.7 Å². The van der Waals surface area contributed by atoms with Crippen LogP contribution in [0.15, 0.2) is 24.3 Å². The Hall–Kier alpha value is -1.90. The van der Waals surface area contributed by atoms with Crippen LogP contribution >= 0.6 is 0 Å². The SMILES string of the molecule is Cc1cc(C)c2c(c1)[C@@H](N1C(=O)C=CC1=O)CC2. The first-order valence-corrected chi connectivity index (χ1v) is 6.23. The molecular formula is C15H15NO2. The lowest BCUT2D eigenvalue weighted by Crippen LogP contribution is -2.33. The van der Waals surface area contributed by atoms with Crippen LogP contribution in [0.3, 0.4) is 0 Å². The maximum atomic E-state index is 11.8. The Balaban J connectivity index is 2.05. The summed E-state index contributed by atoms with van der Waals surface area (Å²) >= 11 is 0. The molecular weight excluding hydrogens is 226 g/mol. The molecule has 1 aromatic carbocycles. The van der Waals surface area contributed by atoms with Gasteiger partial charge in [-0.15, -0.1) is 0 Å². The number of fused-ring (bicyclic) bond motifs is 1. The van der Waals surface area contributed by atoms with E-state index in [1.54, 1.807) is 0 Å². The summed E-state index contributed by atoms with van der Waals surface area (Å²) in [6, 6.07) is 4.19. The number of nitrogens with zero attached hydrogens (tertiary/aromatic N) is 1. The normalized spacial score (nSPS) is 21.9. The summed E-state index contributed by atoms with van der Waals surface area (Å²) in [6.07, 6.45) is 4.52. The van der Waals surface area contributed by atoms with Crippen molar-refractivity contribution < 1.29 is 9.59 Å². The third kappa shape index (κ3) is 1.50. The van der Waals surface area contributed by atoms with Gasteiger partial charge in [-0.1, -0.05) is 17.7 Å². The molecule has 3 rings (SSSR count). The molecule has 0 saturated carbocycles. The van der Waals surface area contributed by atoms with Crippen molar-refractivity contribution in [2.75, 3.05) is 0 Å². The molecule has 0 N–H and O–H groups in total. The molecule has 0 spiro atoms. The van der Waals surface area contributed by atoms with E-state index in [0.29, 0.717) is 0 Å². The fourth-order valence-corrected chi connectivity index (χ4v) is 3.09. The van der Waals surface area contributed by atoms with Gasteiger partial charge >= 0.3 is 0 Å². The lowest BCUT2D eigenvalue weighted by Gasteiger charge is -2.23. The predicted octanol–water partition coefficient (Wildman–Crippen LogP) is 2.22. The van der Waals surface area contributed by atoms with E-state index in [0.717, 1.165) is 18.4 Å². The number of aryl methyl sites for hydroxylation is 2. The first-order valence-electron chi connectivity index (χ1n) is 6.23. The van der Waals surface area contributed by atoms with Gasteiger partial charge in [0.15, 0.2) is 0 Å². The second-order valence-corrected chi connectivity index (χ2v) is 5.08. The van der Waals surface area contributed by atoms with Crippen LogP contribution < -0.4 is 0 Å². The van der Waals surface area contributed by atoms with Crippen LogP contribution in [0.4, 0.5) is 0 Å². The Morgan fingerprint density at radius 2 is 1.78 bits per heavy atom. The highest BCUT2D eigenvalue weighted by molar-refractivity contribution is 6.13. The van der Waals surface area contributed by atoms with Crippen LogP contribution in [0.1, 0.15) is 34.7 Å². The highest BCUT2D eigenvalue weighted by Crippen LogP contribution is 2.39. The number of imide groups is 1. The van der Waals surface area contributed by atoms with E-state index in [4.69, 9.17) is 0 Å². The minimum absolute atomic E-state index is 0.0754. The summed E-state index contributed by atoms with van der Waals surface area (Å²) in [6.45, 7) is 4.15. The van der Waals surface area contributed by atoms with E-state index in [-0.39, 0.29) is 17.9 Å². The molecule has 3 heteroatoms. The van der Waals surface area contributed by atoms with Crippen LogP contribution in [0, 0.1) is 13.8 Å². The van der Waals surface area contributed by atoms with Gasteiger partial charge in [0.1, 0.15) is 0 Å². The van der Waals surface area contributed by atoms with Crippen molar-refractivity contribution >= 4 is 11.8 Å². The van der Waals surface area contributed by atoms with Crippen molar-refractivity contribution in [3.8, 4) is 0 Å². The van der Waals surface area contributed by atoms with Gasteiger partial charge in [0.05, 0.1) is 6.04 Å². The summed E-state index contributed by atoms with van der Waals surface area (Å²) in [5.41, 5.74) is 4.90. The zero-order valence-electron chi connectivity index (χ0n) is 10.6. The molecule has 1 aliphatic heterocycles. The van der Waals surface area contributed by atoms with Crippen LogP contribution in [0.25, 0.3) is 0 Å². The third-order valence-electron chi connectivity index (χ3n) is 3.83. The zero-order chi connectivity index (χ0) is 12.9. The molecule has 0 saturated heterocycles. The van der Waals surface area contributed by atoms with Crippen molar-refractivity contribution in [1.82, 2.24) is 4.90 Å². The Morgan fingerprint density at radius 3 is 2.44 bits per heavy atom. The lowest BCUT2D eigenvalue weighted by molar-refractivity contribution is -0.139. The van der Waals surface area contributed by atoms with Crippen molar-refractivity contribution in [2.45, 2.75) is 32.7 Å². The number of hydrogen-bond acceptors (Lipinski definition) is 2. The maximum Gasteiger partial charge on any atom is 0.254 e. The zero-order valence-corrected chi connectivity index (χ0v) is 10.6. The number of carbonyl (C=O) groups excluding carboxylic acids is 2. The lowest BCUT2D eigenvalue weighted by atomic mass is 9.99. The summed E-state index contributed by atoms with van der Waals surface area (Å²) < 4.78 is 0. The summed E-state index contributed by atoms with van der Waals surface area (Å²) in [7, 11) is 0. The monoisotopic (exact) mass is 241 g/mol. The molecule has 3 nitrogen and oxygen atoms in total. The standard InChI is InChI=1S/C15H15NO2/c1-9-7-10(2)11-3-4-13(12(11)8-9)16-14(17)5-6-15(16)18/h5-8,13H,3-4H2,1-2H3/t13-/m0/s1. The Bertz CT molecular complexity index is 568. The Morgan fingerprint density at radius 1 is 1.11 bits per heavy atom. The van der Waals surface area contributed by atoms with Gasteiger partial charge in [-0.3, -0.25) is 14.5 Å². The fourth-order valence-electron chi connectivity index (χ4n) is 3.09. The van der Waals surface area contributed by atoms with Crippen molar-refractivity contribution in [2.24, 2.45) is 0 Å². The number of carbonyl (C=O) groups is 2. The number of benzene rings is 1. The molecule has 0 bridgehead atoms. The topological polar surface area (TPSA) is 37.4 Å². The minimum atomic E-state index is -0.183. The minimum Gasteiger partial charge on any atom is -0.269 e. The largest absolute Gasteiger partial charge is 0.269 e. The molecule has 1 aromatic rings. The Labute approximate surface area is 106 Å². The van der Waals surface area contributed by atoms with Crippen molar-refractivity contribution in [1.29, 1.82) is 0 Å². The van der Waals surface area contributed by atoms with Gasteiger partial charge in [0, 0.05) is 12.2 Å². The van der Waals surface area contributed by atoms with E-state index >= 15 is 0 Å². The Kier molecular flexibility index (Phi) is 2.37. The molecule has 18 heavy (non-hydrogen) atoms. The molecule has 2 amide bonds. The molecule has 2 aliphatic rings. The summed E-state index contributed by atoms with van der Waals surface area (Å²) in [4.78, 5) is 24.9. The number of rotatable bonds is 1. The molecule has 1 heterocycles. The van der Waals surface area contributed by atoms with E-state index in [1.807, 2.05) is 0 Å². The van der Waals surface area contributed by atoms with Gasteiger partial charge < -0.3 is 0 Å². The first kappa shape index (κ1) is 11.2. The molecule has 1 aliphatic carbocycles. The van der Waals surface area contributed by atoms with Gasteiger partial charge in [0.2, 0.25) is 0 Å². The molecule has 0 fully saturated rings. The van der Waals surface area contributed by atoms with Gasteiger partial charge in [-0.2, -0.15) is 0 Å². The van der Waals surface area contributed by atoms with Crippen LogP contribution in [0.5, 0.6) is 0 Å². The maximum absolute atomic E-state index is 11.8. The van der Waals surface area contributed by atoms with E-state index in [2.05, 4.69) is 26.0 Å². The predicted molar refractivity (Wildman–Crippen MR) is 68.0 cm³/mol. The smallest absolute Gasteiger partial charge is 0.254 e. The summed E-state index contributed by atoms with van der Waals surface area (Å²) in [5, 5.41) is 0. The first-order chi connectivity index (χ1) is 8.58. The summed E-state index contributed by atoms with van der Waals surface area (Å²) in [5.74, 6) is -0.367. The van der Waals surface area contributed by atoms with Gasteiger partial charge in [0.25, 0.3) is 11.8 Å². The average molecular weight is 241 g/mol. The molecule has 92 valence electrons. The quantitative estimate of drug-likeness (QED) is 0.707. The van der Waals surface area contributed by atoms with Crippen LogP contribution in [0.2, 0.25) is 0 Å². The second kappa shape index (κ2) is 3.80. The third-order valence-corrected chi connectivity index (χ3v) is 3.83. The van der Waals surface area contributed by atoms with E-state index in [9.17, 15) is 9.59 Å². The highest BCUT2D eigenvalue weighted by Gasteiger charge is 2.36. The number of amides is 2. The van der Waals surface area contributed by atoms with Crippen molar-refractivity contribution in [3.05, 3.63) is 46.5 Å². The molecule has 0 unspecified atom stereocenters. The van der Waals surface area contributed by atoms with Gasteiger partial charge in [-0.05, 0) is 43.4 Å². The fraction of sp³-hybridized carbons (Fsp3) is 0.333. The highest BCUT2D eigenvalue weighted by atomic mass is 16.2. The van der Waals surface area contributed by atoms with Gasteiger partial charge in [-0.25, -0.2) is 0 Å². The molecule has 0 radical (unpaired) electrons. The molecule has 0 aromatic heterocycles. The average Bonchev–Trinajstić information content (AvgIpc) is 2.83. The van der Waals surface area contributed by atoms with Crippen LogP contribution in [-0.2, 0) is 16.0 Å². The van der Waals surface area contributed by atoms with Crippen LogP contribution in [-0.4, -0.2) is 16.7 Å². The number of hydrogen-bond donors (Lipinski definition) is 0. The molecule has 1 atom stereocenters. The van der Waals surface area contributed by atoms with Crippen molar-refractivity contribution in [3.63, 3.8) is 0 Å². The second-order valence-electron chi connectivity index (χ2n) is 5.08.